The molecule has 0 saturated heterocycles. The van der Waals surface area contributed by atoms with Gasteiger partial charge < -0.3 is 5.73 Å². The number of rotatable bonds is 2. The second kappa shape index (κ2) is 4.99. The van der Waals surface area contributed by atoms with E-state index in [1.807, 2.05) is 0 Å². The molecule has 0 radical (unpaired) electrons. The minimum Gasteiger partial charge on any atom is -0.320 e. The van der Waals surface area contributed by atoms with Gasteiger partial charge in [0.1, 0.15) is 0 Å². The number of nitrogens with two attached hydrogens (primary N) is 1. The Bertz CT molecular complexity index is 885. The molecule has 0 bridgehead atoms. The summed E-state index contributed by atoms with van der Waals surface area (Å²) in [6, 6.07) is 25.4. The fraction of sp³-hybridized carbons (Fsp3) is 0.0526. The van der Waals surface area contributed by atoms with E-state index < -0.39 is 0 Å². The monoisotopic (exact) mass is 289 g/mol. The van der Waals surface area contributed by atoms with Crippen LogP contribution in [0.2, 0.25) is 0 Å². The van der Waals surface area contributed by atoms with Crippen LogP contribution in [0, 0.1) is 0 Å². The average molecular weight is 289 g/mol. The second-order valence-electron chi connectivity index (χ2n) is 5.23. The standard InChI is InChI=1S/C19H15NS/c20-19(18-12-14-7-2-4-11-17(14)21-18)16-10-5-8-13-6-1-3-9-15(13)16/h1-12,19H,20H2. The van der Waals surface area contributed by atoms with Crippen molar-refractivity contribution < 1.29 is 0 Å². The number of hydrogen-bond acceptors (Lipinski definition) is 2. The molecule has 0 aliphatic rings. The first-order chi connectivity index (χ1) is 10.3. The first-order valence-electron chi connectivity index (χ1n) is 7.04. The van der Waals surface area contributed by atoms with Gasteiger partial charge in [0.2, 0.25) is 0 Å². The predicted molar refractivity (Wildman–Crippen MR) is 91.8 cm³/mol. The van der Waals surface area contributed by atoms with E-state index in [0.29, 0.717) is 0 Å². The van der Waals surface area contributed by atoms with Crippen molar-refractivity contribution >= 4 is 32.2 Å². The molecule has 1 nitrogen and oxygen atoms in total. The smallest absolute Gasteiger partial charge is 0.0652 e. The molecule has 2 heteroatoms. The maximum Gasteiger partial charge on any atom is 0.0652 e. The highest BCUT2D eigenvalue weighted by atomic mass is 32.1. The molecule has 3 aromatic carbocycles. The maximum atomic E-state index is 6.56. The molecule has 4 rings (SSSR count). The third-order valence-electron chi connectivity index (χ3n) is 3.91. The largest absolute Gasteiger partial charge is 0.320 e. The number of benzene rings is 3. The van der Waals surface area contributed by atoms with Crippen LogP contribution >= 0.6 is 11.3 Å². The zero-order valence-corrected chi connectivity index (χ0v) is 12.3. The fourth-order valence-electron chi connectivity index (χ4n) is 2.83. The molecule has 0 amide bonds. The highest BCUT2D eigenvalue weighted by Gasteiger charge is 2.14. The summed E-state index contributed by atoms with van der Waals surface area (Å²) >= 11 is 1.78. The second-order valence-corrected chi connectivity index (χ2v) is 6.35. The molecular formula is C19H15NS. The van der Waals surface area contributed by atoms with Gasteiger partial charge in [0.25, 0.3) is 0 Å². The Hall–Kier alpha value is -2.16. The zero-order valence-electron chi connectivity index (χ0n) is 11.5. The van der Waals surface area contributed by atoms with E-state index in [2.05, 4.69) is 72.8 Å². The van der Waals surface area contributed by atoms with Gasteiger partial charge in [0.15, 0.2) is 0 Å². The zero-order chi connectivity index (χ0) is 14.2. The van der Waals surface area contributed by atoms with Gasteiger partial charge >= 0.3 is 0 Å². The van der Waals surface area contributed by atoms with Crippen LogP contribution in [-0.2, 0) is 0 Å². The third-order valence-corrected chi connectivity index (χ3v) is 5.11. The molecule has 0 spiro atoms. The lowest BCUT2D eigenvalue weighted by atomic mass is 9.98. The average Bonchev–Trinajstić information content (AvgIpc) is 2.97. The summed E-state index contributed by atoms with van der Waals surface area (Å²) < 4.78 is 1.29. The Balaban J connectivity index is 1.87. The topological polar surface area (TPSA) is 26.0 Å². The van der Waals surface area contributed by atoms with Crippen molar-refractivity contribution in [1.29, 1.82) is 0 Å². The van der Waals surface area contributed by atoms with E-state index in [1.165, 1.54) is 31.3 Å². The van der Waals surface area contributed by atoms with Crippen molar-refractivity contribution in [2.24, 2.45) is 5.73 Å². The van der Waals surface area contributed by atoms with Gasteiger partial charge in [-0.2, -0.15) is 0 Å². The normalized spacial score (nSPS) is 12.8. The highest BCUT2D eigenvalue weighted by molar-refractivity contribution is 7.19. The van der Waals surface area contributed by atoms with Gasteiger partial charge in [-0.1, -0.05) is 60.7 Å². The van der Waals surface area contributed by atoms with Gasteiger partial charge in [-0.3, -0.25) is 0 Å². The van der Waals surface area contributed by atoms with Gasteiger partial charge in [0, 0.05) is 9.58 Å². The fourth-order valence-corrected chi connectivity index (χ4v) is 3.92. The van der Waals surface area contributed by atoms with Crippen LogP contribution in [0.4, 0.5) is 0 Å². The van der Waals surface area contributed by atoms with E-state index in [9.17, 15) is 0 Å². The first-order valence-corrected chi connectivity index (χ1v) is 7.86. The summed E-state index contributed by atoms with van der Waals surface area (Å²) in [6.07, 6.45) is 0. The molecule has 0 aliphatic heterocycles. The van der Waals surface area contributed by atoms with E-state index in [1.54, 1.807) is 11.3 Å². The quantitative estimate of drug-likeness (QED) is 0.545. The lowest BCUT2D eigenvalue weighted by molar-refractivity contribution is 0.904. The van der Waals surface area contributed by atoms with Crippen molar-refractivity contribution in [2.45, 2.75) is 6.04 Å². The van der Waals surface area contributed by atoms with Crippen molar-refractivity contribution in [3.8, 4) is 0 Å². The molecule has 21 heavy (non-hydrogen) atoms. The molecule has 0 saturated carbocycles. The van der Waals surface area contributed by atoms with Gasteiger partial charge in [-0.15, -0.1) is 11.3 Å². The molecule has 102 valence electrons. The summed E-state index contributed by atoms with van der Waals surface area (Å²) in [7, 11) is 0. The summed E-state index contributed by atoms with van der Waals surface area (Å²) in [5.41, 5.74) is 7.75. The van der Waals surface area contributed by atoms with E-state index in [0.717, 1.165) is 0 Å². The van der Waals surface area contributed by atoms with E-state index in [4.69, 9.17) is 5.73 Å². The molecular weight excluding hydrogens is 274 g/mol. The highest BCUT2D eigenvalue weighted by Crippen LogP contribution is 2.34. The van der Waals surface area contributed by atoms with Crippen molar-refractivity contribution in [1.82, 2.24) is 0 Å². The van der Waals surface area contributed by atoms with E-state index in [-0.39, 0.29) is 6.04 Å². The Morgan fingerprint density at radius 1 is 0.762 bits per heavy atom. The Morgan fingerprint density at radius 2 is 1.48 bits per heavy atom. The summed E-state index contributed by atoms with van der Waals surface area (Å²) in [6.45, 7) is 0. The Kier molecular flexibility index (Phi) is 2.99. The molecule has 1 aromatic heterocycles. The molecule has 1 unspecified atom stereocenters. The van der Waals surface area contributed by atoms with Crippen molar-refractivity contribution in [3.63, 3.8) is 0 Å². The Labute approximate surface area is 127 Å². The summed E-state index contributed by atoms with van der Waals surface area (Å²) in [5.74, 6) is 0. The molecule has 2 N–H and O–H groups in total. The van der Waals surface area contributed by atoms with E-state index >= 15 is 0 Å². The van der Waals surface area contributed by atoms with Gasteiger partial charge in [-0.05, 0) is 33.9 Å². The molecule has 1 atom stereocenters. The number of fused-ring (bicyclic) bond motifs is 2. The van der Waals surface area contributed by atoms with Crippen LogP contribution in [-0.4, -0.2) is 0 Å². The minimum atomic E-state index is -0.0755. The summed E-state index contributed by atoms with van der Waals surface area (Å²) in [5, 5.41) is 3.75. The molecule has 4 aromatic rings. The molecule has 0 aliphatic carbocycles. The maximum absolute atomic E-state index is 6.56. The van der Waals surface area contributed by atoms with Crippen LogP contribution in [0.5, 0.6) is 0 Å². The van der Waals surface area contributed by atoms with Gasteiger partial charge in [-0.25, -0.2) is 0 Å². The molecule has 1 heterocycles. The lowest BCUT2D eigenvalue weighted by Gasteiger charge is -2.13. The van der Waals surface area contributed by atoms with Crippen LogP contribution < -0.4 is 5.73 Å². The van der Waals surface area contributed by atoms with Crippen molar-refractivity contribution in [2.75, 3.05) is 0 Å². The SMILES string of the molecule is NC(c1cc2ccccc2s1)c1cccc2ccccc12. The predicted octanol–water partition coefficient (Wildman–Crippen LogP) is 5.10. The van der Waals surface area contributed by atoms with Gasteiger partial charge in [0.05, 0.1) is 6.04 Å². The number of thiophene rings is 1. The van der Waals surface area contributed by atoms with Crippen molar-refractivity contribution in [3.05, 3.63) is 83.2 Å². The molecule has 0 fully saturated rings. The minimum absolute atomic E-state index is 0.0755. The summed E-state index contributed by atoms with van der Waals surface area (Å²) in [4.78, 5) is 1.22. The lowest BCUT2D eigenvalue weighted by Crippen LogP contribution is -2.10. The number of hydrogen-bond donors (Lipinski definition) is 1. The van der Waals surface area contributed by atoms with Crippen LogP contribution in [0.3, 0.4) is 0 Å². The first kappa shape index (κ1) is 12.6. The van der Waals surface area contributed by atoms with Crippen LogP contribution in [0.1, 0.15) is 16.5 Å². The Morgan fingerprint density at radius 3 is 2.33 bits per heavy atom. The van der Waals surface area contributed by atoms with Crippen LogP contribution in [0.15, 0.2) is 72.8 Å². The van der Waals surface area contributed by atoms with Crippen LogP contribution in [0.25, 0.3) is 20.9 Å². The third kappa shape index (κ3) is 2.13.